The Morgan fingerprint density at radius 2 is 1.95 bits per heavy atom. The Morgan fingerprint density at radius 3 is 2.58 bits per heavy atom. The van der Waals surface area contributed by atoms with Crippen molar-refractivity contribution in [2.45, 2.75) is 44.0 Å². The van der Waals surface area contributed by atoms with E-state index in [4.69, 9.17) is 11.6 Å². The topological polar surface area (TPSA) is 45.1 Å². The maximum atomic E-state index is 12.6. The van der Waals surface area contributed by atoms with Crippen LogP contribution in [0.3, 0.4) is 0 Å². The number of nitrogens with one attached hydrogen (secondary N) is 1. The molecule has 19 heavy (non-hydrogen) atoms. The van der Waals surface area contributed by atoms with Gasteiger partial charge in [0, 0.05) is 0 Å². The van der Waals surface area contributed by atoms with E-state index < -0.39 is 17.8 Å². The van der Waals surface area contributed by atoms with Crippen molar-refractivity contribution in [3.05, 3.63) is 22.8 Å². The largest absolute Gasteiger partial charge is 0.416 e. The van der Waals surface area contributed by atoms with Crippen molar-refractivity contribution in [1.82, 2.24) is 4.98 Å². The van der Waals surface area contributed by atoms with Crippen LogP contribution in [0.25, 0.3) is 0 Å². The molecule has 0 amide bonds. The lowest BCUT2D eigenvalue weighted by Gasteiger charge is -2.29. The molecule has 2 N–H and O–H groups in total. The summed E-state index contributed by atoms with van der Waals surface area (Å²) in [5.41, 5.74) is -0.847. The first-order valence-corrected chi connectivity index (χ1v) is 6.43. The zero-order valence-electron chi connectivity index (χ0n) is 10.0. The van der Waals surface area contributed by atoms with Gasteiger partial charge in [-0.05, 0) is 25.0 Å². The monoisotopic (exact) mass is 294 g/mol. The smallest absolute Gasteiger partial charge is 0.391 e. The number of hydrogen-bond acceptors (Lipinski definition) is 3. The Balaban J connectivity index is 2.18. The van der Waals surface area contributed by atoms with Gasteiger partial charge in [-0.1, -0.05) is 24.4 Å². The number of hydrogen-bond donors (Lipinski definition) is 2. The van der Waals surface area contributed by atoms with Crippen LogP contribution in [0, 0.1) is 0 Å². The minimum atomic E-state index is -4.46. The van der Waals surface area contributed by atoms with Gasteiger partial charge in [0.2, 0.25) is 0 Å². The van der Waals surface area contributed by atoms with Crippen LogP contribution >= 0.6 is 11.6 Å². The average molecular weight is 295 g/mol. The number of pyridine rings is 1. The number of aliphatic hydroxyl groups is 1. The molecular weight excluding hydrogens is 281 g/mol. The van der Waals surface area contributed by atoms with E-state index in [2.05, 4.69) is 10.3 Å². The van der Waals surface area contributed by atoms with E-state index in [9.17, 15) is 18.3 Å². The minimum Gasteiger partial charge on any atom is -0.391 e. The van der Waals surface area contributed by atoms with Crippen molar-refractivity contribution >= 4 is 17.4 Å². The molecule has 0 aromatic carbocycles. The van der Waals surface area contributed by atoms with Crippen LogP contribution in [-0.4, -0.2) is 22.2 Å². The lowest BCUT2D eigenvalue weighted by atomic mass is 9.92. The maximum Gasteiger partial charge on any atom is 0.416 e. The highest BCUT2D eigenvalue weighted by atomic mass is 35.5. The SMILES string of the molecule is OC1CCCCC1Nc1cc(C(F)(F)F)cc(Cl)n1. The van der Waals surface area contributed by atoms with E-state index in [1.54, 1.807) is 0 Å². The molecule has 1 saturated carbocycles. The van der Waals surface area contributed by atoms with Gasteiger partial charge >= 0.3 is 6.18 Å². The molecule has 3 nitrogen and oxygen atoms in total. The van der Waals surface area contributed by atoms with Crippen molar-refractivity contribution in [2.24, 2.45) is 0 Å². The van der Waals surface area contributed by atoms with Gasteiger partial charge in [0.25, 0.3) is 0 Å². The Bertz CT molecular complexity index is 453. The first kappa shape index (κ1) is 14.4. The summed E-state index contributed by atoms with van der Waals surface area (Å²) < 4.78 is 37.9. The lowest BCUT2D eigenvalue weighted by Crippen LogP contribution is -2.36. The third kappa shape index (κ3) is 3.73. The van der Waals surface area contributed by atoms with Crippen molar-refractivity contribution in [2.75, 3.05) is 5.32 Å². The molecule has 2 rings (SSSR count). The van der Waals surface area contributed by atoms with Gasteiger partial charge in [-0.3, -0.25) is 0 Å². The molecule has 1 aliphatic carbocycles. The molecule has 1 heterocycles. The fourth-order valence-electron chi connectivity index (χ4n) is 2.20. The Kier molecular flexibility index (Phi) is 4.20. The molecule has 0 spiro atoms. The molecule has 106 valence electrons. The van der Waals surface area contributed by atoms with Crippen LogP contribution in [0.1, 0.15) is 31.2 Å². The fourth-order valence-corrected chi connectivity index (χ4v) is 2.41. The summed E-state index contributed by atoms with van der Waals surface area (Å²) in [7, 11) is 0. The van der Waals surface area contributed by atoms with Crippen LogP contribution in [0.4, 0.5) is 19.0 Å². The highest BCUT2D eigenvalue weighted by Gasteiger charge is 2.32. The third-order valence-electron chi connectivity index (χ3n) is 3.18. The summed E-state index contributed by atoms with van der Waals surface area (Å²) in [5.74, 6) is 0.0470. The Morgan fingerprint density at radius 1 is 1.26 bits per heavy atom. The summed E-state index contributed by atoms with van der Waals surface area (Å²) >= 11 is 5.60. The zero-order valence-corrected chi connectivity index (χ0v) is 10.8. The lowest BCUT2D eigenvalue weighted by molar-refractivity contribution is -0.137. The van der Waals surface area contributed by atoms with Crippen molar-refractivity contribution in [1.29, 1.82) is 0 Å². The van der Waals surface area contributed by atoms with Crippen LogP contribution in [0.15, 0.2) is 12.1 Å². The van der Waals surface area contributed by atoms with Crippen molar-refractivity contribution in [3.63, 3.8) is 0 Å². The van der Waals surface area contributed by atoms with E-state index in [1.165, 1.54) is 0 Å². The standard InChI is InChI=1S/C12H14ClF3N2O/c13-10-5-7(12(14,15)16)6-11(18-10)17-8-3-1-2-4-9(8)19/h5-6,8-9,19H,1-4H2,(H,17,18). The molecule has 2 atom stereocenters. The van der Waals surface area contributed by atoms with Gasteiger partial charge in [0.15, 0.2) is 0 Å². The van der Waals surface area contributed by atoms with Crippen LogP contribution < -0.4 is 5.32 Å². The first-order valence-electron chi connectivity index (χ1n) is 6.05. The fraction of sp³-hybridized carbons (Fsp3) is 0.583. The van der Waals surface area contributed by atoms with E-state index in [1.807, 2.05) is 0 Å². The number of aliphatic hydroxyl groups excluding tert-OH is 1. The number of alkyl halides is 3. The van der Waals surface area contributed by atoms with Gasteiger partial charge in [-0.15, -0.1) is 0 Å². The molecule has 2 unspecified atom stereocenters. The van der Waals surface area contributed by atoms with Gasteiger partial charge in [0.05, 0.1) is 17.7 Å². The van der Waals surface area contributed by atoms with E-state index in [0.717, 1.165) is 25.0 Å². The molecule has 1 aromatic rings. The maximum absolute atomic E-state index is 12.6. The second-order valence-corrected chi connectivity index (χ2v) is 5.05. The Hall–Kier alpha value is -1.01. The van der Waals surface area contributed by atoms with Crippen LogP contribution in [-0.2, 0) is 6.18 Å². The summed E-state index contributed by atoms with van der Waals surface area (Å²) in [4.78, 5) is 3.82. The van der Waals surface area contributed by atoms with Crippen LogP contribution in [0.5, 0.6) is 0 Å². The van der Waals surface area contributed by atoms with Crippen molar-refractivity contribution < 1.29 is 18.3 Å². The van der Waals surface area contributed by atoms with E-state index in [-0.39, 0.29) is 17.0 Å². The molecule has 1 aromatic heterocycles. The second-order valence-electron chi connectivity index (χ2n) is 4.66. The molecule has 0 radical (unpaired) electrons. The molecule has 7 heteroatoms. The number of anilines is 1. The minimum absolute atomic E-state index is 0.0470. The summed E-state index contributed by atoms with van der Waals surface area (Å²) in [6.45, 7) is 0. The highest BCUT2D eigenvalue weighted by Crippen LogP contribution is 2.32. The average Bonchev–Trinajstić information content (AvgIpc) is 2.30. The van der Waals surface area contributed by atoms with Crippen molar-refractivity contribution in [3.8, 4) is 0 Å². The third-order valence-corrected chi connectivity index (χ3v) is 3.38. The Labute approximate surface area is 113 Å². The van der Waals surface area contributed by atoms with Gasteiger partial charge in [-0.2, -0.15) is 13.2 Å². The van der Waals surface area contributed by atoms with Crippen LogP contribution in [0.2, 0.25) is 5.15 Å². The second kappa shape index (κ2) is 5.54. The number of halogens is 4. The predicted octanol–water partition coefficient (Wildman–Crippen LogP) is 3.47. The first-order chi connectivity index (χ1) is 8.86. The van der Waals surface area contributed by atoms with Gasteiger partial charge < -0.3 is 10.4 Å². The quantitative estimate of drug-likeness (QED) is 0.821. The van der Waals surface area contributed by atoms with E-state index >= 15 is 0 Å². The van der Waals surface area contributed by atoms with Gasteiger partial charge in [-0.25, -0.2) is 4.98 Å². The molecule has 1 fully saturated rings. The zero-order chi connectivity index (χ0) is 14.0. The molecule has 0 aliphatic heterocycles. The summed E-state index contributed by atoms with van der Waals surface area (Å²) in [6, 6.07) is 1.41. The normalized spacial score (nSPS) is 24.3. The highest BCUT2D eigenvalue weighted by molar-refractivity contribution is 6.29. The van der Waals surface area contributed by atoms with E-state index in [0.29, 0.717) is 12.8 Å². The number of nitrogens with zero attached hydrogens (tertiary/aromatic N) is 1. The molecular formula is C12H14ClF3N2O. The molecule has 1 aliphatic rings. The summed E-state index contributed by atoms with van der Waals surface area (Å²) in [6.07, 6.45) is -1.82. The predicted molar refractivity (Wildman–Crippen MR) is 66.1 cm³/mol. The molecule has 0 bridgehead atoms. The van der Waals surface area contributed by atoms with Gasteiger partial charge in [0.1, 0.15) is 11.0 Å². The number of aromatic nitrogens is 1. The summed E-state index contributed by atoms with van der Waals surface area (Å²) in [5, 5.41) is 12.4. The number of rotatable bonds is 2. The molecule has 0 saturated heterocycles.